The summed E-state index contributed by atoms with van der Waals surface area (Å²) in [5.74, 6) is 0. The summed E-state index contributed by atoms with van der Waals surface area (Å²) in [4.78, 5) is 11.2. The lowest BCUT2D eigenvalue weighted by Gasteiger charge is -2.36. The Bertz CT molecular complexity index is 721. The van der Waals surface area contributed by atoms with E-state index < -0.39 is 0 Å². The summed E-state index contributed by atoms with van der Waals surface area (Å²) in [6.07, 6.45) is 1.17. The summed E-state index contributed by atoms with van der Waals surface area (Å²) in [5.41, 5.74) is 2.25. The highest BCUT2D eigenvalue weighted by atomic mass is 32.1. The van der Waals surface area contributed by atoms with Crippen LogP contribution in [0.25, 0.3) is 11.3 Å². The van der Waals surface area contributed by atoms with Gasteiger partial charge in [0, 0.05) is 50.1 Å². The third-order valence-electron chi connectivity index (χ3n) is 5.38. The molecule has 1 aromatic heterocycles. The van der Waals surface area contributed by atoms with E-state index in [-0.39, 0.29) is 0 Å². The second-order valence-electron chi connectivity index (χ2n) is 7.15. The maximum Gasteiger partial charge on any atom is 0.185 e. The number of hydrogen-bond donors (Lipinski definition) is 2. The average Bonchev–Trinajstić information content (AvgIpc) is 3.25. The quantitative estimate of drug-likeness (QED) is 0.507. The van der Waals surface area contributed by atoms with Gasteiger partial charge in [0.2, 0.25) is 0 Å². The van der Waals surface area contributed by atoms with Crippen molar-refractivity contribution in [1.82, 2.24) is 15.2 Å². The van der Waals surface area contributed by atoms with E-state index in [9.17, 15) is 0 Å². The number of piperazine rings is 1. The number of thiazole rings is 1. The Morgan fingerprint density at radius 1 is 1.14 bits per heavy atom. The summed E-state index contributed by atoms with van der Waals surface area (Å²) in [7, 11) is 0. The Balaban J connectivity index is 1.42. The minimum Gasteiger partial charge on any atom is -0.362 e. The number of nitrogens with one attached hydrogen (secondary N) is 2. The number of rotatable bonds is 8. The standard InChI is InChI=1S/C21H31N5S2/c1-3-24(4-2)12-8-11-22-20(27)25-13-15-26(16-14-25)21-23-19(17-28-21)18-9-6-5-7-10-18/h5-7,9-10,17H,3-4,8,11-16H2,1-2H3,(H,22,27)/p+1. The van der Waals surface area contributed by atoms with Gasteiger partial charge < -0.3 is 20.0 Å². The number of hydrogen-bond acceptors (Lipinski definition) is 4. The number of anilines is 1. The third kappa shape index (κ3) is 5.65. The number of thiocarbonyl (C=S) groups is 1. The van der Waals surface area contributed by atoms with Gasteiger partial charge in [-0.1, -0.05) is 30.3 Å². The SMILES string of the molecule is CC[NH+](CC)CCCNC(=S)N1CCN(c2nc(-c3ccccc3)cs2)CC1. The van der Waals surface area contributed by atoms with Crippen molar-refractivity contribution in [2.24, 2.45) is 0 Å². The number of nitrogens with zero attached hydrogens (tertiary/aromatic N) is 3. The highest BCUT2D eigenvalue weighted by Gasteiger charge is 2.21. The first kappa shape index (κ1) is 21.0. The van der Waals surface area contributed by atoms with Crippen molar-refractivity contribution < 1.29 is 4.90 Å². The first-order valence-electron chi connectivity index (χ1n) is 10.3. The molecule has 1 aliphatic rings. The van der Waals surface area contributed by atoms with Crippen LogP contribution in [0.3, 0.4) is 0 Å². The van der Waals surface area contributed by atoms with Gasteiger partial charge in [-0.05, 0) is 26.1 Å². The second kappa shape index (κ2) is 10.7. The van der Waals surface area contributed by atoms with E-state index in [4.69, 9.17) is 17.2 Å². The summed E-state index contributed by atoms with van der Waals surface area (Å²) in [6.45, 7) is 12.9. The Morgan fingerprint density at radius 2 is 1.86 bits per heavy atom. The van der Waals surface area contributed by atoms with Crippen molar-refractivity contribution in [3.8, 4) is 11.3 Å². The molecular formula is C21H32N5S2+. The first-order chi connectivity index (χ1) is 13.7. The second-order valence-corrected chi connectivity index (χ2v) is 8.37. The third-order valence-corrected chi connectivity index (χ3v) is 6.69. The van der Waals surface area contributed by atoms with Crippen LogP contribution in [0.4, 0.5) is 5.13 Å². The maximum absolute atomic E-state index is 5.61. The summed E-state index contributed by atoms with van der Waals surface area (Å²) in [5, 5.41) is 7.61. The highest BCUT2D eigenvalue weighted by Crippen LogP contribution is 2.27. The lowest BCUT2D eigenvalue weighted by Crippen LogP contribution is -3.11. The van der Waals surface area contributed by atoms with Crippen LogP contribution in [0, 0.1) is 0 Å². The average molecular weight is 419 g/mol. The number of benzene rings is 1. The van der Waals surface area contributed by atoms with E-state index in [1.807, 2.05) is 6.07 Å². The van der Waals surface area contributed by atoms with Crippen LogP contribution in [-0.4, -0.2) is 67.4 Å². The fourth-order valence-electron chi connectivity index (χ4n) is 3.50. The zero-order valence-corrected chi connectivity index (χ0v) is 18.6. The fourth-order valence-corrected chi connectivity index (χ4v) is 4.67. The molecule has 0 bridgehead atoms. The fraction of sp³-hybridized carbons (Fsp3) is 0.524. The van der Waals surface area contributed by atoms with Crippen molar-refractivity contribution in [3.05, 3.63) is 35.7 Å². The molecule has 0 aliphatic carbocycles. The maximum atomic E-state index is 5.61. The molecule has 0 unspecified atom stereocenters. The van der Waals surface area contributed by atoms with Crippen LogP contribution in [0.5, 0.6) is 0 Å². The molecule has 3 rings (SSSR count). The highest BCUT2D eigenvalue weighted by molar-refractivity contribution is 7.80. The molecule has 1 saturated heterocycles. The van der Waals surface area contributed by atoms with Crippen LogP contribution < -0.4 is 15.1 Å². The minimum absolute atomic E-state index is 0.901. The monoisotopic (exact) mass is 418 g/mol. The minimum atomic E-state index is 0.901. The zero-order valence-electron chi connectivity index (χ0n) is 17.0. The van der Waals surface area contributed by atoms with Crippen molar-refractivity contribution in [2.45, 2.75) is 20.3 Å². The lowest BCUT2D eigenvalue weighted by molar-refractivity contribution is -0.896. The summed E-state index contributed by atoms with van der Waals surface area (Å²) >= 11 is 7.34. The van der Waals surface area contributed by atoms with Crippen LogP contribution in [0.15, 0.2) is 35.7 Å². The normalized spacial score (nSPS) is 14.5. The smallest absolute Gasteiger partial charge is 0.185 e. The van der Waals surface area contributed by atoms with Crippen LogP contribution >= 0.6 is 23.6 Å². The van der Waals surface area contributed by atoms with E-state index in [0.29, 0.717) is 0 Å². The topological polar surface area (TPSA) is 35.8 Å². The van der Waals surface area contributed by atoms with E-state index in [0.717, 1.165) is 48.7 Å². The molecule has 0 saturated carbocycles. The molecule has 0 atom stereocenters. The molecule has 2 N–H and O–H groups in total. The van der Waals surface area contributed by atoms with Gasteiger partial charge in [-0.25, -0.2) is 4.98 Å². The van der Waals surface area contributed by atoms with Crippen LogP contribution in [0.2, 0.25) is 0 Å². The molecule has 1 fully saturated rings. The predicted octanol–water partition coefficient (Wildman–Crippen LogP) is 2.12. The molecule has 5 nitrogen and oxygen atoms in total. The van der Waals surface area contributed by atoms with Gasteiger partial charge in [0.25, 0.3) is 0 Å². The van der Waals surface area contributed by atoms with E-state index in [2.05, 4.69) is 58.6 Å². The Kier molecular flexibility index (Phi) is 8.06. The van der Waals surface area contributed by atoms with E-state index in [1.54, 1.807) is 16.2 Å². The van der Waals surface area contributed by atoms with Crippen LogP contribution in [0.1, 0.15) is 20.3 Å². The van der Waals surface area contributed by atoms with E-state index in [1.165, 1.54) is 31.6 Å². The molecule has 7 heteroatoms. The molecule has 0 radical (unpaired) electrons. The largest absolute Gasteiger partial charge is 0.362 e. The Morgan fingerprint density at radius 3 is 2.54 bits per heavy atom. The Labute approximate surface area is 178 Å². The van der Waals surface area contributed by atoms with Crippen molar-refractivity contribution in [3.63, 3.8) is 0 Å². The molecule has 1 aromatic carbocycles. The Hall–Kier alpha value is -1.70. The van der Waals surface area contributed by atoms with Gasteiger partial charge in [-0.2, -0.15) is 0 Å². The molecule has 0 amide bonds. The van der Waals surface area contributed by atoms with Gasteiger partial charge in [-0.15, -0.1) is 11.3 Å². The molecule has 152 valence electrons. The van der Waals surface area contributed by atoms with E-state index >= 15 is 0 Å². The molecule has 2 aromatic rings. The van der Waals surface area contributed by atoms with Gasteiger partial charge in [0.1, 0.15) is 0 Å². The zero-order chi connectivity index (χ0) is 19.8. The first-order valence-corrected chi connectivity index (χ1v) is 11.6. The molecule has 2 heterocycles. The molecular weight excluding hydrogens is 386 g/mol. The summed E-state index contributed by atoms with van der Waals surface area (Å²) < 4.78 is 0. The number of aromatic nitrogens is 1. The van der Waals surface area contributed by atoms with Gasteiger partial charge in [0.15, 0.2) is 10.2 Å². The van der Waals surface area contributed by atoms with Gasteiger partial charge in [-0.3, -0.25) is 0 Å². The number of quaternary nitrogens is 1. The molecule has 0 spiro atoms. The van der Waals surface area contributed by atoms with Gasteiger partial charge >= 0.3 is 0 Å². The van der Waals surface area contributed by atoms with Crippen molar-refractivity contribution >= 4 is 33.8 Å². The summed E-state index contributed by atoms with van der Waals surface area (Å²) in [6, 6.07) is 10.4. The van der Waals surface area contributed by atoms with Crippen molar-refractivity contribution in [2.75, 3.05) is 57.3 Å². The predicted molar refractivity (Wildman–Crippen MR) is 123 cm³/mol. The molecule has 28 heavy (non-hydrogen) atoms. The lowest BCUT2D eigenvalue weighted by atomic mass is 10.2. The van der Waals surface area contributed by atoms with Crippen molar-refractivity contribution in [1.29, 1.82) is 0 Å². The van der Waals surface area contributed by atoms with Gasteiger partial charge in [0.05, 0.1) is 25.3 Å². The molecule has 1 aliphatic heterocycles. The van der Waals surface area contributed by atoms with Crippen LogP contribution in [-0.2, 0) is 0 Å².